The number of benzene rings is 1. The molecule has 1 fully saturated rings. The third kappa shape index (κ3) is 5.06. The number of halogens is 1. The molecule has 0 radical (unpaired) electrons. The normalized spacial score (nSPS) is 22.4. The van der Waals surface area contributed by atoms with Gasteiger partial charge in [-0.2, -0.15) is 0 Å². The van der Waals surface area contributed by atoms with Crippen molar-refractivity contribution in [2.45, 2.75) is 31.8 Å². The molecule has 1 aliphatic rings. The average Bonchev–Trinajstić information content (AvgIpc) is 2.46. The van der Waals surface area contributed by atoms with Crippen molar-refractivity contribution in [3.05, 3.63) is 34.3 Å². The Morgan fingerprint density at radius 2 is 2.14 bits per heavy atom. The van der Waals surface area contributed by atoms with Crippen molar-refractivity contribution >= 4 is 15.9 Å². The Labute approximate surface area is 137 Å². The molecule has 1 saturated heterocycles. The number of likely N-dealkylation sites (N-methyl/N-ethyl adjacent to an activating group) is 2. The molecule has 2 atom stereocenters. The summed E-state index contributed by atoms with van der Waals surface area (Å²) < 4.78 is 1.17. The number of rotatable bonds is 6. The minimum atomic E-state index is 0.506. The van der Waals surface area contributed by atoms with Crippen LogP contribution in [-0.2, 0) is 6.42 Å². The topological polar surface area (TPSA) is 18.5 Å². The summed E-state index contributed by atoms with van der Waals surface area (Å²) in [6.07, 6.45) is 2.27. The molecule has 118 valence electrons. The smallest absolute Gasteiger partial charge is 0.0377 e. The van der Waals surface area contributed by atoms with E-state index in [9.17, 15) is 0 Å². The van der Waals surface area contributed by atoms with E-state index >= 15 is 0 Å². The van der Waals surface area contributed by atoms with Crippen molar-refractivity contribution in [2.24, 2.45) is 0 Å². The third-order valence-electron chi connectivity index (χ3n) is 4.36. The summed E-state index contributed by atoms with van der Waals surface area (Å²) in [6, 6.07) is 9.79. The highest BCUT2D eigenvalue weighted by Gasteiger charge is 2.29. The van der Waals surface area contributed by atoms with Gasteiger partial charge in [-0.05, 0) is 51.2 Å². The van der Waals surface area contributed by atoms with E-state index < -0.39 is 0 Å². The van der Waals surface area contributed by atoms with Gasteiger partial charge < -0.3 is 10.2 Å². The van der Waals surface area contributed by atoms with Crippen molar-refractivity contribution < 1.29 is 0 Å². The molecule has 1 aromatic rings. The van der Waals surface area contributed by atoms with Crippen LogP contribution in [0, 0.1) is 0 Å². The van der Waals surface area contributed by atoms with Crippen molar-refractivity contribution in [3.63, 3.8) is 0 Å². The second-order valence-electron chi connectivity index (χ2n) is 6.20. The standard InChI is InChI=1S/C17H28BrN3/c1-4-8-19-16(12-14-6-5-7-15(18)11-14)17-13-20(2)9-10-21(17)3/h5-7,11,16-17,19H,4,8-10,12-13H2,1-3H3. The Kier molecular flexibility index (Phi) is 6.68. The van der Waals surface area contributed by atoms with Crippen LogP contribution in [0.1, 0.15) is 18.9 Å². The summed E-state index contributed by atoms with van der Waals surface area (Å²) in [4.78, 5) is 4.97. The van der Waals surface area contributed by atoms with Crippen molar-refractivity contribution in [2.75, 3.05) is 40.3 Å². The van der Waals surface area contributed by atoms with Crippen molar-refractivity contribution in [1.82, 2.24) is 15.1 Å². The third-order valence-corrected chi connectivity index (χ3v) is 4.86. The minimum Gasteiger partial charge on any atom is -0.312 e. The molecule has 1 N–H and O–H groups in total. The predicted octanol–water partition coefficient (Wildman–Crippen LogP) is 2.61. The van der Waals surface area contributed by atoms with Crippen LogP contribution in [0.5, 0.6) is 0 Å². The molecule has 1 aliphatic heterocycles. The van der Waals surface area contributed by atoms with Crippen LogP contribution in [0.25, 0.3) is 0 Å². The first-order chi connectivity index (χ1) is 10.1. The van der Waals surface area contributed by atoms with E-state index in [1.165, 1.54) is 23.0 Å². The lowest BCUT2D eigenvalue weighted by Gasteiger charge is -2.42. The summed E-state index contributed by atoms with van der Waals surface area (Å²) in [5.74, 6) is 0. The van der Waals surface area contributed by atoms with Crippen LogP contribution in [0.2, 0.25) is 0 Å². The summed E-state index contributed by atoms with van der Waals surface area (Å²) in [5.41, 5.74) is 1.40. The molecule has 0 aromatic heterocycles. The molecule has 2 rings (SSSR count). The molecule has 0 spiro atoms. The molecule has 4 heteroatoms. The Hall–Kier alpha value is -0.420. The van der Waals surface area contributed by atoms with E-state index in [0.717, 1.165) is 26.1 Å². The first-order valence-electron chi connectivity index (χ1n) is 7.96. The summed E-state index contributed by atoms with van der Waals surface area (Å²) in [6.45, 7) is 6.80. The van der Waals surface area contributed by atoms with Gasteiger partial charge in [0.25, 0.3) is 0 Å². The lowest BCUT2D eigenvalue weighted by molar-refractivity contribution is 0.0876. The second-order valence-corrected chi connectivity index (χ2v) is 7.12. The maximum absolute atomic E-state index is 3.77. The fourth-order valence-corrected chi connectivity index (χ4v) is 3.52. The molecule has 1 aromatic carbocycles. The SMILES string of the molecule is CCCNC(Cc1cccc(Br)c1)C1CN(C)CCN1C. The number of nitrogens with one attached hydrogen (secondary N) is 1. The lowest BCUT2D eigenvalue weighted by Crippen LogP contribution is -2.59. The highest BCUT2D eigenvalue weighted by Crippen LogP contribution is 2.17. The van der Waals surface area contributed by atoms with E-state index in [0.29, 0.717) is 12.1 Å². The van der Waals surface area contributed by atoms with E-state index in [4.69, 9.17) is 0 Å². The zero-order valence-electron chi connectivity index (χ0n) is 13.5. The van der Waals surface area contributed by atoms with Crippen LogP contribution >= 0.6 is 15.9 Å². The van der Waals surface area contributed by atoms with Gasteiger partial charge in [-0.3, -0.25) is 4.90 Å². The molecular formula is C17H28BrN3. The largest absolute Gasteiger partial charge is 0.312 e. The van der Waals surface area contributed by atoms with E-state index in [1.807, 2.05) is 0 Å². The Morgan fingerprint density at radius 1 is 1.33 bits per heavy atom. The van der Waals surface area contributed by atoms with Crippen LogP contribution < -0.4 is 5.32 Å². The molecule has 0 amide bonds. The van der Waals surface area contributed by atoms with Crippen LogP contribution in [0.15, 0.2) is 28.7 Å². The highest BCUT2D eigenvalue weighted by atomic mass is 79.9. The van der Waals surface area contributed by atoms with Crippen LogP contribution in [0.3, 0.4) is 0 Å². The maximum Gasteiger partial charge on any atom is 0.0377 e. The maximum atomic E-state index is 3.77. The molecular weight excluding hydrogens is 326 g/mol. The van der Waals surface area contributed by atoms with Gasteiger partial charge in [-0.15, -0.1) is 0 Å². The van der Waals surface area contributed by atoms with Crippen molar-refractivity contribution in [1.29, 1.82) is 0 Å². The fraction of sp³-hybridized carbons (Fsp3) is 0.647. The lowest BCUT2D eigenvalue weighted by atomic mass is 9.96. The van der Waals surface area contributed by atoms with Gasteiger partial charge in [0.05, 0.1) is 0 Å². The molecule has 3 nitrogen and oxygen atoms in total. The number of nitrogens with zero attached hydrogens (tertiary/aromatic N) is 2. The molecule has 0 saturated carbocycles. The van der Waals surface area contributed by atoms with Gasteiger partial charge in [0.2, 0.25) is 0 Å². The van der Waals surface area contributed by atoms with Crippen molar-refractivity contribution in [3.8, 4) is 0 Å². The molecule has 0 bridgehead atoms. The summed E-state index contributed by atoms with van der Waals surface area (Å²) in [5, 5.41) is 3.77. The van der Waals surface area contributed by atoms with Gasteiger partial charge >= 0.3 is 0 Å². The van der Waals surface area contributed by atoms with Gasteiger partial charge in [-0.25, -0.2) is 0 Å². The number of hydrogen-bond donors (Lipinski definition) is 1. The van der Waals surface area contributed by atoms with E-state index in [1.54, 1.807) is 0 Å². The fourth-order valence-electron chi connectivity index (χ4n) is 3.07. The van der Waals surface area contributed by atoms with Crippen LogP contribution in [-0.4, -0.2) is 62.2 Å². The zero-order valence-corrected chi connectivity index (χ0v) is 15.1. The van der Waals surface area contributed by atoms with Gasteiger partial charge in [-0.1, -0.05) is 35.0 Å². The quantitative estimate of drug-likeness (QED) is 0.847. The molecule has 2 unspecified atom stereocenters. The predicted molar refractivity (Wildman–Crippen MR) is 93.8 cm³/mol. The van der Waals surface area contributed by atoms with E-state index in [2.05, 4.69) is 76.3 Å². The van der Waals surface area contributed by atoms with E-state index in [-0.39, 0.29) is 0 Å². The average molecular weight is 354 g/mol. The number of hydrogen-bond acceptors (Lipinski definition) is 3. The summed E-state index contributed by atoms with van der Waals surface area (Å²) in [7, 11) is 4.50. The van der Waals surface area contributed by atoms with Gasteiger partial charge in [0, 0.05) is 36.2 Å². The van der Waals surface area contributed by atoms with Crippen LogP contribution in [0.4, 0.5) is 0 Å². The Bertz CT molecular complexity index is 438. The second kappa shape index (κ2) is 8.28. The summed E-state index contributed by atoms with van der Waals surface area (Å²) >= 11 is 3.58. The first-order valence-corrected chi connectivity index (χ1v) is 8.76. The van der Waals surface area contributed by atoms with Gasteiger partial charge in [0.1, 0.15) is 0 Å². The Morgan fingerprint density at radius 3 is 2.86 bits per heavy atom. The monoisotopic (exact) mass is 353 g/mol. The van der Waals surface area contributed by atoms with Gasteiger partial charge in [0.15, 0.2) is 0 Å². The Balaban J connectivity index is 2.09. The highest BCUT2D eigenvalue weighted by molar-refractivity contribution is 9.10. The zero-order chi connectivity index (χ0) is 15.2. The molecule has 0 aliphatic carbocycles. The molecule has 1 heterocycles. The molecule has 21 heavy (non-hydrogen) atoms. The first kappa shape index (κ1) is 16.9. The minimum absolute atomic E-state index is 0.506. The number of piperazine rings is 1.